The van der Waals surface area contributed by atoms with E-state index >= 15 is 0 Å². The van der Waals surface area contributed by atoms with E-state index in [2.05, 4.69) is 10.3 Å². The number of rotatable bonds is 3. The highest BCUT2D eigenvalue weighted by Gasteiger charge is 2.23. The summed E-state index contributed by atoms with van der Waals surface area (Å²) in [5, 5.41) is 7.68. The van der Waals surface area contributed by atoms with Gasteiger partial charge in [0.2, 0.25) is 5.91 Å². The summed E-state index contributed by atoms with van der Waals surface area (Å²) in [6, 6.07) is 0. The number of aryl methyl sites for hydroxylation is 2. The van der Waals surface area contributed by atoms with E-state index < -0.39 is 0 Å². The smallest absolute Gasteiger partial charge is 0.223 e. The first-order chi connectivity index (χ1) is 9.65. The van der Waals surface area contributed by atoms with Crippen LogP contribution in [0.1, 0.15) is 34.8 Å². The van der Waals surface area contributed by atoms with E-state index in [1.165, 1.54) is 0 Å². The third-order valence-electron chi connectivity index (χ3n) is 3.82. The molecule has 20 heavy (non-hydrogen) atoms. The number of hydrogen-bond donors (Lipinski definition) is 0. The summed E-state index contributed by atoms with van der Waals surface area (Å²) in [6.45, 7) is 5.08. The van der Waals surface area contributed by atoms with Gasteiger partial charge in [0, 0.05) is 30.5 Å². The number of nitrogens with zero attached hydrogens (tertiary/aromatic N) is 3. The van der Waals surface area contributed by atoms with E-state index in [1.54, 1.807) is 6.20 Å². The van der Waals surface area contributed by atoms with Gasteiger partial charge < -0.3 is 13.9 Å². The molecule has 0 aliphatic carbocycles. The monoisotopic (exact) mass is 275 g/mol. The quantitative estimate of drug-likeness (QED) is 0.854. The van der Waals surface area contributed by atoms with E-state index in [1.807, 2.05) is 18.7 Å². The highest BCUT2D eigenvalue weighted by Crippen LogP contribution is 2.20. The van der Waals surface area contributed by atoms with Crippen molar-refractivity contribution < 1.29 is 13.8 Å². The van der Waals surface area contributed by atoms with Crippen molar-refractivity contribution in [2.45, 2.75) is 39.7 Å². The van der Waals surface area contributed by atoms with Crippen molar-refractivity contribution >= 4 is 5.91 Å². The normalized spacial score (nSPS) is 14.4. The molecule has 3 rings (SSSR count). The van der Waals surface area contributed by atoms with Crippen molar-refractivity contribution in [1.82, 2.24) is 15.2 Å². The zero-order valence-electron chi connectivity index (χ0n) is 11.7. The Morgan fingerprint density at radius 1 is 1.40 bits per heavy atom. The second kappa shape index (κ2) is 5.11. The molecule has 0 radical (unpaired) electrons. The molecule has 6 nitrogen and oxygen atoms in total. The molecule has 6 heteroatoms. The first-order valence-electron chi connectivity index (χ1n) is 6.77. The van der Waals surface area contributed by atoms with Gasteiger partial charge in [-0.3, -0.25) is 4.79 Å². The zero-order chi connectivity index (χ0) is 14.1. The Kier molecular flexibility index (Phi) is 3.30. The SMILES string of the molecule is Cc1noc(C)c1CCC(=O)N1CCc2oncc2C1. The Morgan fingerprint density at radius 2 is 2.25 bits per heavy atom. The second-order valence-electron chi connectivity index (χ2n) is 5.14. The lowest BCUT2D eigenvalue weighted by Gasteiger charge is -2.25. The molecule has 0 spiro atoms. The number of hydrogen-bond acceptors (Lipinski definition) is 5. The number of carbonyl (C=O) groups excluding carboxylic acids is 1. The molecule has 1 aliphatic heterocycles. The molecular formula is C14H17N3O3. The summed E-state index contributed by atoms with van der Waals surface area (Å²) in [4.78, 5) is 14.1. The van der Waals surface area contributed by atoms with Crippen LogP contribution in [-0.2, 0) is 24.2 Å². The van der Waals surface area contributed by atoms with Crippen LogP contribution in [0.2, 0.25) is 0 Å². The Hall–Kier alpha value is -2.11. The summed E-state index contributed by atoms with van der Waals surface area (Å²) in [5.41, 5.74) is 2.93. The molecule has 106 valence electrons. The van der Waals surface area contributed by atoms with Gasteiger partial charge in [-0.25, -0.2) is 0 Å². The average Bonchev–Trinajstić information content (AvgIpc) is 3.03. The van der Waals surface area contributed by atoms with Crippen molar-refractivity contribution in [3.05, 3.63) is 34.5 Å². The molecule has 2 aromatic rings. The molecule has 1 amide bonds. The van der Waals surface area contributed by atoms with Crippen LogP contribution >= 0.6 is 0 Å². The maximum absolute atomic E-state index is 12.3. The van der Waals surface area contributed by atoms with Gasteiger partial charge in [0.05, 0.1) is 18.4 Å². The molecule has 0 saturated carbocycles. The molecule has 0 atom stereocenters. The fraction of sp³-hybridized carbons (Fsp3) is 0.500. The van der Waals surface area contributed by atoms with E-state index in [-0.39, 0.29) is 5.91 Å². The van der Waals surface area contributed by atoms with Crippen molar-refractivity contribution in [3.8, 4) is 0 Å². The molecule has 0 fully saturated rings. The lowest BCUT2D eigenvalue weighted by atomic mass is 10.1. The van der Waals surface area contributed by atoms with Crippen LogP contribution < -0.4 is 0 Å². The van der Waals surface area contributed by atoms with Gasteiger partial charge in [0.1, 0.15) is 11.5 Å². The summed E-state index contributed by atoms with van der Waals surface area (Å²) in [7, 11) is 0. The fourth-order valence-corrected chi connectivity index (χ4v) is 2.60. The summed E-state index contributed by atoms with van der Waals surface area (Å²) in [5.74, 6) is 1.85. The van der Waals surface area contributed by atoms with E-state index in [4.69, 9.17) is 9.05 Å². The van der Waals surface area contributed by atoms with Crippen molar-refractivity contribution in [1.29, 1.82) is 0 Å². The molecule has 0 N–H and O–H groups in total. The van der Waals surface area contributed by atoms with E-state index in [0.717, 1.165) is 34.8 Å². The van der Waals surface area contributed by atoms with E-state index in [9.17, 15) is 4.79 Å². The lowest BCUT2D eigenvalue weighted by molar-refractivity contribution is -0.132. The minimum atomic E-state index is 0.150. The van der Waals surface area contributed by atoms with Crippen LogP contribution in [0.3, 0.4) is 0 Å². The third-order valence-corrected chi connectivity index (χ3v) is 3.82. The Bertz CT molecular complexity index is 610. The molecule has 0 saturated heterocycles. The summed E-state index contributed by atoms with van der Waals surface area (Å²) in [6.07, 6.45) is 3.59. The molecule has 3 heterocycles. The Morgan fingerprint density at radius 3 is 3.00 bits per heavy atom. The summed E-state index contributed by atoms with van der Waals surface area (Å²) >= 11 is 0. The predicted molar refractivity (Wildman–Crippen MR) is 69.9 cm³/mol. The topological polar surface area (TPSA) is 72.4 Å². The standard InChI is InChI=1S/C14H17N3O3/c1-9-12(10(2)19-16-9)3-4-14(18)17-6-5-13-11(8-17)7-15-20-13/h7H,3-6,8H2,1-2H3. The third kappa shape index (κ3) is 2.33. The van der Waals surface area contributed by atoms with Gasteiger partial charge in [-0.05, 0) is 20.3 Å². The van der Waals surface area contributed by atoms with E-state index in [0.29, 0.717) is 25.9 Å². The molecule has 1 aliphatic rings. The number of carbonyl (C=O) groups is 1. The first kappa shape index (κ1) is 12.9. The predicted octanol–water partition coefficient (Wildman–Crippen LogP) is 1.80. The van der Waals surface area contributed by atoms with Crippen molar-refractivity contribution in [2.75, 3.05) is 6.54 Å². The average molecular weight is 275 g/mol. The molecule has 0 unspecified atom stereocenters. The fourth-order valence-electron chi connectivity index (χ4n) is 2.60. The van der Waals surface area contributed by atoms with Crippen LogP contribution in [0, 0.1) is 13.8 Å². The second-order valence-corrected chi connectivity index (χ2v) is 5.14. The first-order valence-corrected chi connectivity index (χ1v) is 6.77. The van der Waals surface area contributed by atoms with Crippen LogP contribution in [0.25, 0.3) is 0 Å². The highest BCUT2D eigenvalue weighted by atomic mass is 16.5. The number of fused-ring (bicyclic) bond motifs is 1. The highest BCUT2D eigenvalue weighted by molar-refractivity contribution is 5.76. The zero-order valence-corrected chi connectivity index (χ0v) is 11.7. The largest absolute Gasteiger partial charge is 0.361 e. The van der Waals surface area contributed by atoms with Gasteiger partial charge in [-0.15, -0.1) is 0 Å². The lowest BCUT2D eigenvalue weighted by Crippen LogP contribution is -2.35. The van der Waals surface area contributed by atoms with Gasteiger partial charge in [-0.2, -0.15) is 0 Å². The maximum Gasteiger partial charge on any atom is 0.223 e. The van der Waals surface area contributed by atoms with Crippen LogP contribution in [-0.4, -0.2) is 27.7 Å². The number of amides is 1. The van der Waals surface area contributed by atoms with Gasteiger partial charge >= 0.3 is 0 Å². The Balaban J connectivity index is 1.61. The van der Waals surface area contributed by atoms with Crippen LogP contribution in [0.15, 0.2) is 15.2 Å². The molecule has 2 aromatic heterocycles. The van der Waals surface area contributed by atoms with Crippen LogP contribution in [0.4, 0.5) is 0 Å². The van der Waals surface area contributed by atoms with Crippen molar-refractivity contribution in [3.63, 3.8) is 0 Å². The Labute approximate surface area is 116 Å². The number of aromatic nitrogens is 2. The summed E-state index contributed by atoms with van der Waals surface area (Å²) < 4.78 is 10.2. The van der Waals surface area contributed by atoms with Gasteiger partial charge in [-0.1, -0.05) is 10.3 Å². The minimum Gasteiger partial charge on any atom is -0.361 e. The minimum absolute atomic E-state index is 0.150. The molecule has 0 bridgehead atoms. The van der Waals surface area contributed by atoms with Gasteiger partial charge in [0.15, 0.2) is 0 Å². The maximum atomic E-state index is 12.3. The molecule has 0 aromatic carbocycles. The molecular weight excluding hydrogens is 258 g/mol. The van der Waals surface area contributed by atoms with Crippen molar-refractivity contribution in [2.24, 2.45) is 0 Å². The van der Waals surface area contributed by atoms with Crippen LogP contribution in [0.5, 0.6) is 0 Å². The van der Waals surface area contributed by atoms with Gasteiger partial charge in [0.25, 0.3) is 0 Å².